The van der Waals surface area contributed by atoms with Crippen LogP contribution in [0, 0.1) is 0 Å². The summed E-state index contributed by atoms with van der Waals surface area (Å²) in [5, 5.41) is 19.3. The van der Waals surface area contributed by atoms with Crippen molar-refractivity contribution in [3.63, 3.8) is 0 Å². The molecule has 0 spiro atoms. The van der Waals surface area contributed by atoms with Gasteiger partial charge in [0.2, 0.25) is 5.75 Å². The van der Waals surface area contributed by atoms with Crippen molar-refractivity contribution < 1.29 is 24.5 Å². The normalized spacial score (nSPS) is 10.6. The van der Waals surface area contributed by atoms with Gasteiger partial charge in [-0.2, -0.15) is 0 Å². The smallest absolute Gasteiger partial charge is 0.203 e. The second kappa shape index (κ2) is 6.67. The maximum Gasteiger partial charge on any atom is 0.203 e. The Morgan fingerprint density at radius 3 is 2.27 bits per heavy atom. The highest BCUT2D eigenvalue weighted by Crippen LogP contribution is 2.39. The predicted molar refractivity (Wildman–Crippen MR) is 82.7 cm³/mol. The molecule has 2 aromatic rings. The summed E-state index contributed by atoms with van der Waals surface area (Å²) >= 11 is 0. The van der Waals surface area contributed by atoms with E-state index in [0.29, 0.717) is 5.75 Å². The van der Waals surface area contributed by atoms with Crippen molar-refractivity contribution in [1.29, 1.82) is 0 Å². The van der Waals surface area contributed by atoms with E-state index in [1.807, 2.05) is 0 Å². The van der Waals surface area contributed by atoms with Crippen molar-refractivity contribution in [2.24, 2.45) is 0 Å². The van der Waals surface area contributed by atoms with E-state index in [0.717, 1.165) is 5.56 Å². The van der Waals surface area contributed by atoms with E-state index in [9.17, 15) is 15.0 Å². The molecule has 0 bridgehead atoms. The average Bonchev–Trinajstić information content (AvgIpc) is 2.53. The molecule has 0 aliphatic rings. The Balaban J connectivity index is 2.28. The van der Waals surface area contributed by atoms with Crippen molar-refractivity contribution in [3.8, 4) is 23.0 Å². The molecule has 0 aromatic heterocycles. The molecule has 0 heterocycles. The maximum absolute atomic E-state index is 12.2. The lowest BCUT2D eigenvalue weighted by molar-refractivity contribution is 0.104. The molecule has 0 radical (unpaired) electrons. The maximum atomic E-state index is 12.2. The van der Waals surface area contributed by atoms with Crippen molar-refractivity contribution in [2.45, 2.75) is 0 Å². The number of aromatic hydroxyl groups is 2. The first-order valence-corrected chi connectivity index (χ1v) is 6.52. The number of carbonyl (C=O) groups excluding carboxylic acids is 1. The minimum Gasteiger partial charge on any atom is -0.508 e. The lowest BCUT2D eigenvalue weighted by Crippen LogP contribution is -1.99. The Morgan fingerprint density at radius 2 is 1.68 bits per heavy atom. The van der Waals surface area contributed by atoms with Gasteiger partial charge in [0.15, 0.2) is 17.3 Å². The van der Waals surface area contributed by atoms with E-state index >= 15 is 0 Å². The van der Waals surface area contributed by atoms with Crippen LogP contribution in [0.15, 0.2) is 42.5 Å². The highest BCUT2D eigenvalue weighted by molar-refractivity contribution is 6.09. The second-order valence-corrected chi connectivity index (χ2v) is 4.49. The zero-order valence-electron chi connectivity index (χ0n) is 12.2. The van der Waals surface area contributed by atoms with Gasteiger partial charge >= 0.3 is 0 Å². The molecule has 2 rings (SSSR count). The monoisotopic (exact) mass is 300 g/mol. The van der Waals surface area contributed by atoms with E-state index in [1.54, 1.807) is 24.3 Å². The van der Waals surface area contributed by atoms with Crippen molar-refractivity contribution in [1.82, 2.24) is 0 Å². The molecule has 0 atom stereocenters. The molecular weight excluding hydrogens is 284 g/mol. The topological polar surface area (TPSA) is 76.0 Å². The molecule has 22 heavy (non-hydrogen) atoms. The summed E-state index contributed by atoms with van der Waals surface area (Å²) in [5.41, 5.74) is 0.874. The van der Waals surface area contributed by atoms with Crippen LogP contribution in [0.3, 0.4) is 0 Å². The lowest BCUT2D eigenvalue weighted by Gasteiger charge is -2.11. The Hall–Kier alpha value is -2.95. The largest absolute Gasteiger partial charge is 0.508 e. The number of allylic oxidation sites excluding steroid dienone is 1. The van der Waals surface area contributed by atoms with Crippen molar-refractivity contribution >= 4 is 11.9 Å². The number of methoxy groups -OCH3 is 2. The lowest BCUT2D eigenvalue weighted by atomic mass is 10.1. The van der Waals surface area contributed by atoms with Crippen LogP contribution in [0.2, 0.25) is 0 Å². The minimum absolute atomic E-state index is 0.117. The highest BCUT2D eigenvalue weighted by atomic mass is 16.5. The average molecular weight is 300 g/mol. The minimum atomic E-state index is -0.369. The number of hydrogen-bond acceptors (Lipinski definition) is 5. The van der Waals surface area contributed by atoms with Crippen LogP contribution in [0.5, 0.6) is 23.0 Å². The van der Waals surface area contributed by atoms with Gasteiger partial charge < -0.3 is 19.7 Å². The Labute approximate surface area is 128 Å². The molecule has 0 aliphatic heterocycles. The Kier molecular flexibility index (Phi) is 4.68. The number of ether oxygens (including phenoxy) is 2. The van der Waals surface area contributed by atoms with Crippen LogP contribution < -0.4 is 9.47 Å². The highest BCUT2D eigenvalue weighted by Gasteiger charge is 2.17. The third kappa shape index (κ3) is 3.20. The summed E-state index contributed by atoms with van der Waals surface area (Å²) in [4.78, 5) is 12.2. The molecule has 0 unspecified atom stereocenters. The van der Waals surface area contributed by atoms with Gasteiger partial charge in [0.1, 0.15) is 5.75 Å². The van der Waals surface area contributed by atoms with Crippen LogP contribution in [0.4, 0.5) is 0 Å². The van der Waals surface area contributed by atoms with Gasteiger partial charge in [-0.15, -0.1) is 0 Å². The number of phenols is 2. The Bertz CT molecular complexity index is 702. The van der Waals surface area contributed by atoms with Gasteiger partial charge in [-0.25, -0.2) is 0 Å². The zero-order valence-corrected chi connectivity index (χ0v) is 12.2. The summed E-state index contributed by atoms with van der Waals surface area (Å²) in [6.45, 7) is 0. The third-order valence-electron chi connectivity index (χ3n) is 3.11. The SMILES string of the molecule is COc1ccc(C(=O)/C=C/c2ccc(O)cc2)c(O)c1OC. The summed E-state index contributed by atoms with van der Waals surface area (Å²) < 4.78 is 10.1. The van der Waals surface area contributed by atoms with E-state index < -0.39 is 0 Å². The van der Waals surface area contributed by atoms with Gasteiger partial charge in [-0.05, 0) is 35.9 Å². The van der Waals surface area contributed by atoms with Crippen LogP contribution in [-0.2, 0) is 0 Å². The number of carbonyl (C=O) groups is 1. The van der Waals surface area contributed by atoms with E-state index in [1.165, 1.54) is 38.5 Å². The molecule has 0 saturated carbocycles. The van der Waals surface area contributed by atoms with Crippen LogP contribution in [0.25, 0.3) is 6.08 Å². The zero-order chi connectivity index (χ0) is 16.1. The Morgan fingerprint density at radius 1 is 1.00 bits per heavy atom. The van der Waals surface area contributed by atoms with E-state index in [4.69, 9.17) is 9.47 Å². The molecular formula is C17H16O5. The van der Waals surface area contributed by atoms with Gasteiger partial charge in [0, 0.05) is 0 Å². The number of hydrogen-bond donors (Lipinski definition) is 2. The summed E-state index contributed by atoms with van der Waals surface area (Å²) in [6, 6.07) is 9.43. The number of benzene rings is 2. The van der Waals surface area contributed by atoms with E-state index in [-0.39, 0.29) is 28.6 Å². The number of phenolic OH excluding ortho intramolecular Hbond substituents is 2. The molecule has 5 nitrogen and oxygen atoms in total. The van der Waals surface area contributed by atoms with Crippen molar-refractivity contribution in [3.05, 3.63) is 53.6 Å². The summed E-state index contributed by atoms with van der Waals surface area (Å²) in [5.74, 6) is -0.0137. The fourth-order valence-corrected chi connectivity index (χ4v) is 1.96. The first-order chi connectivity index (χ1) is 10.6. The van der Waals surface area contributed by atoms with Crippen molar-refractivity contribution in [2.75, 3.05) is 14.2 Å². The fraction of sp³-hybridized carbons (Fsp3) is 0.118. The molecule has 0 aliphatic carbocycles. The first kappa shape index (κ1) is 15.4. The van der Waals surface area contributed by atoms with Gasteiger partial charge in [-0.3, -0.25) is 4.79 Å². The molecule has 114 valence electrons. The van der Waals surface area contributed by atoms with Crippen LogP contribution in [0.1, 0.15) is 15.9 Å². The standard InChI is InChI=1S/C17H16O5/c1-21-15-10-8-13(16(20)17(15)22-2)14(19)9-5-11-3-6-12(18)7-4-11/h3-10,18,20H,1-2H3/b9-5+. The number of ketones is 1. The number of rotatable bonds is 5. The molecule has 5 heteroatoms. The molecule has 0 amide bonds. The third-order valence-corrected chi connectivity index (χ3v) is 3.11. The van der Waals surface area contributed by atoms with Crippen LogP contribution in [-0.4, -0.2) is 30.2 Å². The predicted octanol–water partition coefficient (Wildman–Crippen LogP) is 3.01. The van der Waals surface area contributed by atoms with E-state index in [2.05, 4.69) is 0 Å². The second-order valence-electron chi connectivity index (χ2n) is 4.49. The van der Waals surface area contributed by atoms with Gasteiger partial charge in [-0.1, -0.05) is 18.2 Å². The molecule has 0 fully saturated rings. The molecule has 0 saturated heterocycles. The molecule has 2 N–H and O–H groups in total. The quantitative estimate of drug-likeness (QED) is 0.655. The van der Waals surface area contributed by atoms with Gasteiger partial charge in [0.25, 0.3) is 0 Å². The summed E-state index contributed by atoms with van der Waals surface area (Å²) in [7, 11) is 2.83. The van der Waals surface area contributed by atoms with Crippen LogP contribution >= 0.6 is 0 Å². The van der Waals surface area contributed by atoms with Gasteiger partial charge in [0.05, 0.1) is 19.8 Å². The summed E-state index contributed by atoms with van der Waals surface area (Å²) in [6.07, 6.45) is 2.94. The molecule has 2 aromatic carbocycles. The fourth-order valence-electron chi connectivity index (χ4n) is 1.96. The first-order valence-electron chi connectivity index (χ1n) is 6.52.